The number of amides is 1. The van der Waals surface area contributed by atoms with Gasteiger partial charge in [-0.15, -0.1) is 11.3 Å². The number of thiophene rings is 1. The highest BCUT2D eigenvalue weighted by Gasteiger charge is 2.33. The summed E-state index contributed by atoms with van der Waals surface area (Å²) in [6.45, 7) is 7.36. The molecule has 1 saturated heterocycles. The molecular weight excluding hydrogens is 408 g/mol. The van der Waals surface area contributed by atoms with Crippen molar-refractivity contribution in [3.05, 3.63) is 46.3 Å². The molecule has 0 aliphatic carbocycles. The van der Waals surface area contributed by atoms with Gasteiger partial charge in [-0.2, -0.15) is 4.31 Å². The van der Waals surface area contributed by atoms with Gasteiger partial charge in [0.25, 0.3) is 10.0 Å². The van der Waals surface area contributed by atoms with E-state index >= 15 is 0 Å². The predicted molar refractivity (Wildman–Crippen MR) is 115 cm³/mol. The zero-order chi connectivity index (χ0) is 21.0. The number of benzene rings is 1. The van der Waals surface area contributed by atoms with Gasteiger partial charge in [0.15, 0.2) is 0 Å². The minimum atomic E-state index is -3.53. The van der Waals surface area contributed by atoms with Crippen molar-refractivity contribution in [3.63, 3.8) is 0 Å². The maximum absolute atomic E-state index is 12.8. The summed E-state index contributed by atoms with van der Waals surface area (Å²) in [5.74, 6) is 0.343. The number of nitrogens with one attached hydrogen (secondary N) is 1. The fraction of sp³-hybridized carbons (Fsp3) is 0.476. The summed E-state index contributed by atoms with van der Waals surface area (Å²) in [6, 6.07) is 9.45. The van der Waals surface area contributed by atoms with E-state index in [2.05, 4.69) is 11.4 Å². The summed E-state index contributed by atoms with van der Waals surface area (Å²) in [7, 11) is -3.53. The van der Waals surface area contributed by atoms with Crippen LogP contribution < -0.4 is 10.1 Å². The summed E-state index contributed by atoms with van der Waals surface area (Å²) in [6.07, 6.45) is 1.37. The maximum atomic E-state index is 12.8. The fourth-order valence-corrected chi connectivity index (χ4v) is 6.52. The third-order valence-corrected chi connectivity index (χ3v) is 8.26. The first-order chi connectivity index (χ1) is 13.8. The Morgan fingerprint density at radius 3 is 2.59 bits per heavy atom. The molecule has 1 aromatic heterocycles. The minimum absolute atomic E-state index is 0.115. The van der Waals surface area contributed by atoms with Crippen LogP contribution in [0.1, 0.15) is 28.8 Å². The van der Waals surface area contributed by atoms with Gasteiger partial charge < -0.3 is 10.1 Å². The Bertz CT molecular complexity index is 949. The summed E-state index contributed by atoms with van der Waals surface area (Å²) < 4.78 is 33.2. The van der Waals surface area contributed by atoms with Crippen LogP contribution in [0.25, 0.3) is 0 Å². The molecule has 158 valence electrons. The monoisotopic (exact) mass is 436 g/mol. The molecule has 0 saturated carbocycles. The SMILES string of the molecule is Cc1cc(C)cc(OCCNC(=O)C2CCCN(S(=O)(=O)c3ccc(C)s3)C2)c1. The van der Waals surface area contributed by atoms with Crippen molar-refractivity contribution in [3.8, 4) is 5.75 Å². The topological polar surface area (TPSA) is 75.7 Å². The van der Waals surface area contributed by atoms with Crippen molar-refractivity contribution < 1.29 is 17.9 Å². The van der Waals surface area contributed by atoms with E-state index in [-0.39, 0.29) is 18.4 Å². The molecule has 1 fully saturated rings. The highest BCUT2D eigenvalue weighted by atomic mass is 32.2. The standard InChI is InChI=1S/C21H28N2O4S2/c1-15-11-16(2)13-19(12-15)27-10-8-22-21(24)18-5-4-9-23(14-18)29(25,26)20-7-6-17(3)28-20/h6-7,11-13,18H,4-5,8-10,14H2,1-3H3,(H,22,24). The summed E-state index contributed by atoms with van der Waals surface area (Å²) in [5.41, 5.74) is 2.27. The van der Waals surface area contributed by atoms with E-state index in [0.717, 1.165) is 21.8 Å². The molecular formula is C21H28N2O4S2. The Kier molecular flexibility index (Phi) is 6.97. The molecule has 0 bridgehead atoms. The fourth-order valence-electron chi connectivity index (χ4n) is 3.56. The van der Waals surface area contributed by atoms with Gasteiger partial charge >= 0.3 is 0 Å². The van der Waals surface area contributed by atoms with Crippen LogP contribution in [-0.4, -0.2) is 44.9 Å². The smallest absolute Gasteiger partial charge is 0.252 e. The van der Waals surface area contributed by atoms with E-state index in [9.17, 15) is 13.2 Å². The average Bonchev–Trinajstić information content (AvgIpc) is 3.11. The zero-order valence-corrected chi connectivity index (χ0v) is 18.7. The van der Waals surface area contributed by atoms with E-state index in [0.29, 0.717) is 36.7 Å². The molecule has 2 aromatic rings. The molecule has 8 heteroatoms. The second kappa shape index (κ2) is 9.28. The Morgan fingerprint density at radius 1 is 1.21 bits per heavy atom. The van der Waals surface area contributed by atoms with E-state index in [4.69, 9.17) is 4.74 Å². The first-order valence-electron chi connectivity index (χ1n) is 9.81. The van der Waals surface area contributed by atoms with Crippen molar-refractivity contribution in [1.82, 2.24) is 9.62 Å². The molecule has 1 aromatic carbocycles. The van der Waals surface area contributed by atoms with Crippen LogP contribution in [0.2, 0.25) is 0 Å². The molecule has 2 heterocycles. The number of hydrogen-bond donors (Lipinski definition) is 1. The second-order valence-corrected chi connectivity index (χ2v) is 11.0. The Balaban J connectivity index is 1.50. The number of rotatable bonds is 7. The van der Waals surface area contributed by atoms with Gasteiger partial charge in [-0.1, -0.05) is 6.07 Å². The second-order valence-electron chi connectivity index (χ2n) is 7.53. The van der Waals surface area contributed by atoms with Crippen LogP contribution in [0.15, 0.2) is 34.5 Å². The van der Waals surface area contributed by atoms with Gasteiger partial charge in [-0.05, 0) is 69.0 Å². The van der Waals surface area contributed by atoms with Gasteiger partial charge in [0.2, 0.25) is 5.91 Å². The third-order valence-electron chi connectivity index (χ3n) is 4.93. The van der Waals surface area contributed by atoms with E-state index in [1.54, 1.807) is 12.1 Å². The van der Waals surface area contributed by atoms with E-state index in [1.807, 2.05) is 32.9 Å². The number of aryl methyl sites for hydroxylation is 3. The summed E-state index contributed by atoms with van der Waals surface area (Å²) >= 11 is 1.27. The Labute approximate surface area is 176 Å². The molecule has 1 unspecified atom stereocenters. The first-order valence-corrected chi connectivity index (χ1v) is 12.1. The molecule has 1 aliphatic heterocycles. The number of sulfonamides is 1. The molecule has 0 spiro atoms. The highest BCUT2D eigenvalue weighted by molar-refractivity contribution is 7.91. The zero-order valence-electron chi connectivity index (χ0n) is 17.1. The molecule has 6 nitrogen and oxygen atoms in total. The van der Waals surface area contributed by atoms with Crippen molar-refractivity contribution in [1.29, 1.82) is 0 Å². The third kappa shape index (κ3) is 5.58. The van der Waals surface area contributed by atoms with Gasteiger partial charge in [-0.3, -0.25) is 4.79 Å². The number of carbonyl (C=O) groups is 1. The molecule has 1 N–H and O–H groups in total. The van der Waals surface area contributed by atoms with Gasteiger partial charge in [0.1, 0.15) is 16.6 Å². The van der Waals surface area contributed by atoms with Crippen LogP contribution in [-0.2, 0) is 14.8 Å². The molecule has 1 atom stereocenters. The van der Waals surface area contributed by atoms with E-state index < -0.39 is 10.0 Å². The van der Waals surface area contributed by atoms with Crippen LogP contribution in [0.5, 0.6) is 5.75 Å². The summed E-state index contributed by atoms with van der Waals surface area (Å²) in [4.78, 5) is 13.5. The van der Waals surface area contributed by atoms with Crippen LogP contribution >= 0.6 is 11.3 Å². The highest BCUT2D eigenvalue weighted by Crippen LogP contribution is 2.28. The quantitative estimate of drug-likeness (QED) is 0.676. The maximum Gasteiger partial charge on any atom is 0.252 e. The summed E-state index contributed by atoms with van der Waals surface area (Å²) in [5, 5.41) is 2.88. The van der Waals surface area contributed by atoms with Crippen molar-refractivity contribution in [2.24, 2.45) is 5.92 Å². The number of nitrogens with zero attached hydrogens (tertiary/aromatic N) is 1. The minimum Gasteiger partial charge on any atom is -0.492 e. The van der Waals surface area contributed by atoms with Gasteiger partial charge in [-0.25, -0.2) is 8.42 Å². The van der Waals surface area contributed by atoms with Gasteiger partial charge in [0.05, 0.1) is 12.5 Å². The molecule has 3 rings (SSSR count). The molecule has 0 radical (unpaired) electrons. The lowest BCUT2D eigenvalue weighted by atomic mass is 9.99. The predicted octanol–water partition coefficient (Wildman–Crippen LogP) is 3.27. The number of hydrogen-bond acceptors (Lipinski definition) is 5. The van der Waals surface area contributed by atoms with Crippen molar-refractivity contribution in [2.45, 2.75) is 37.8 Å². The lowest BCUT2D eigenvalue weighted by Crippen LogP contribution is -2.45. The van der Waals surface area contributed by atoms with Crippen molar-refractivity contribution in [2.75, 3.05) is 26.2 Å². The largest absolute Gasteiger partial charge is 0.492 e. The Hall–Kier alpha value is -1.90. The van der Waals surface area contributed by atoms with E-state index in [1.165, 1.54) is 15.6 Å². The number of ether oxygens (including phenoxy) is 1. The van der Waals surface area contributed by atoms with Crippen LogP contribution in [0.3, 0.4) is 0 Å². The molecule has 1 amide bonds. The molecule has 1 aliphatic rings. The van der Waals surface area contributed by atoms with Gasteiger partial charge in [0, 0.05) is 18.0 Å². The van der Waals surface area contributed by atoms with Crippen LogP contribution in [0, 0.1) is 26.7 Å². The Morgan fingerprint density at radius 2 is 1.93 bits per heavy atom. The van der Waals surface area contributed by atoms with Crippen LogP contribution in [0.4, 0.5) is 0 Å². The first kappa shape index (κ1) is 21.8. The van der Waals surface area contributed by atoms with Crippen molar-refractivity contribution >= 4 is 27.3 Å². The number of piperidine rings is 1. The number of carbonyl (C=O) groups excluding carboxylic acids is 1. The lowest BCUT2D eigenvalue weighted by Gasteiger charge is -2.30. The molecule has 29 heavy (non-hydrogen) atoms. The lowest BCUT2D eigenvalue weighted by molar-refractivity contribution is -0.126. The normalized spacial score (nSPS) is 17.8. The average molecular weight is 437 g/mol.